The molecule has 116 valence electrons. The first-order valence-electron chi connectivity index (χ1n) is 7.71. The Morgan fingerprint density at radius 1 is 1.14 bits per heavy atom. The monoisotopic (exact) mass is 315 g/mol. The van der Waals surface area contributed by atoms with Gasteiger partial charge in [0.1, 0.15) is 0 Å². The van der Waals surface area contributed by atoms with E-state index in [1.54, 1.807) is 0 Å². The van der Waals surface area contributed by atoms with Gasteiger partial charge in [-0.1, -0.05) is 61.0 Å². The number of carbonyl (C=O) groups excluding carboxylic acids is 1. The van der Waals surface area contributed by atoms with E-state index in [1.165, 1.54) is 5.56 Å². The Balaban J connectivity index is 1.87. The van der Waals surface area contributed by atoms with E-state index in [0.29, 0.717) is 12.8 Å². The fourth-order valence-electron chi connectivity index (χ4n) is 2.39. The molecule has 0 saturated heterocycles. The van der Waals surface area contributed by atoms with Crippen molar-refractivity contribution >= 4 is 17.5 Å². The van der Waals surface area contributed by atoms with Gasteiger partial charge in [0, 0.05) is 11.4 Å². The largest absolute Gasteiger partial charge is 0.350 e. The Labute approximate surface area is 137 Å². The van der Waals surface area contributed by atoms with Crippen LogP contribution >= 0.6 is 11.6 Å². The highest BCUT2D eigenvalue weighted by atomic mass is 35.5. The summed E-state index contributed by atoms with van der Waals surface area (Å²) in [6.07, 6.45) is 2.13. The molecule has 1 N–H and O–H groups in total. The number of halogens is 1. The third-order valence-corrected chi connectivity index (χ3v) is 4.21. The first-order valence-corrected chi connectivity index (χ1v) is 8.09. The number of amides is 1. The van der Waals surface area contributed by atoms with Crippen LogP contribution in [0.15, 0.2) is 48.5 Å². The van der Waals surface area contributed by atoms with Gasteiger partial charge in [-0.05, 0) is 42.5 Å². The van der Waals surface area contributed by atoms with Crippen LogP contribution in [0.2, 0.25) is 5.02 Å². The summed E-state index contributed by atoms with van der Waals surface area (Å²) in [5.41, 5.74) is 3.45. The third-order valence-electron chi connectivity index (χ3n) is 3.84. The van der Waals surface area contributed by atoms with Crippen LogP contribution in [-0.2, 0) is 17.6 Å². The molecule has 22 heavy (non-hydrogen) atoms. The first kappa shape index (κ1) is 16.6. The molecule has 0 unspecified atom stereocenters. The maximum absolute atomic E-state index is 12.1. The highest BCUT2D eigenvalue weighted by Crippen LogP contribution is 2.17. The summed E-state index contributed by atoms with van der Waals surface area (Å²) in [7, 11) is 0. The average molecular weight is 316 g/mol. The third kappa shape index (κ3) is 4.60. The molecule has 0 aliphatic heterocycles. The van der Waals surface area contributed by atoms with Gasteiger partial charge < -0.3 is 5.32 Å². The lowest BCUT2D eigenvalue weighted by Gasteiger charge is -2.15. The van der Waals surface area contributed by atoms with E-state index in [1.807, 2.05) is 31.2 Å². The van der Waals surface area contributed by atoms with Crippen molar-refractivity contribution in [3.05, 3.63) is 70.2 Å². The van der Waals surface area contributed by atoms with Crippen molar-refractivity contribution in [2.24, 2.45) is 0 Å². The lowest BCUT2D eigenvalue weighted by Crippen LogP contribution is -2.26. The molecule has 0 aliphatic carbocycles. The van der Waals surface area contributed by atoms with Crippen molar-refractivity contribution in [1.82, 2.24) is 5.32 Å². The number of aryl methyl sites for hydroxylation is 2. The van der Waals surface area contributed by atoms with Gasteiger partial charge in [0.15, 0.2) is 0 Å². The number of carbonyl (C=O) groups is 1. The second kappa shape index (κ2) is 8.00. The average Bonchev–Trinajstić information content (AvgIpc) is 2.54. The van der Waals surface area contributed by atoms with Crippen LogP contribution in [0.4, 0.5) is 0 Å². The molecule has 2 rings (SSSR count). The highest BCUT2D eigenvalue weighted by molar-refractivity contribution is 6.31. The fourth-order valence-corrected chi connectivity index (χ4v) is 2.62. The number of hydrogen-bond donors (Lipinski definition) is 1. The predicted octanol–water partition coefficient (Wildman–Crippen LogP) is 4.71. The van der Waals surface area contributed by atoms with Gasteiger partial charge in [0.25, 0.3) is 0 Å². The van der Waals surface area contributed by atoms with Crippen molar-refractivity contribution in [3.63, 3.8) is 0 Å². The summed E-state index contributed by atoms with van der Waals surface area (Å²) in [5, 5.41) is 3.76. The van der Waals surface area contributed by atoms with E-state index in [0.717, 1.165) is 22.6 Å². The Morgan fingerprint density at radius 3 is 2.45 bits per heavy atom. The molecule has 0 heterocycles. The van der Waals surface area contributed by atoms with E-state index in [-0.39, 0.29) is 11.9 Å². The SMILES string of the molecule is CCc1ccc([C@H](C)NC(=O)CCc2ccccc2Cl)cc1. The van der Waals surface area contributed by atoms with Crippen LogP contribution in [0, 0.1) is 0 Å². The Kier molecular flexibility index (Phi) is 6.02. The fraction of sp³-hybridized carbons (Fsp3) is 0.316. The Bertz CT molecular complexity index is 622. The van der Waals surface area contributed by atoms with Crippen LogP contribution in [0.5, 0.6) is 0 Å². The first-order chi connectivity index (χ1) is 10.6. The van der Waals surface area contributed by atoms with Crippen LogP contribution < -0.4 is 5.32 Å². The minimum Gasteiger partial charge on any atom is -0.350 e. The topological polar surface area (TPSA) is 29.1 Å². The maximum atomic E-state index is 12.1. The highest BCUT2D eigenvalue weighted by Gasteiger charge is 2.10. The molecule has 2 nitrogen and oxygen atoms in total. The Hall–Kier alpha value is -1.80. The minimum atomic E-state index is 0.0182. The van der Waals surface area contributed by atoms with Gasteiger partial charge in [0.05, 0.1) is 6.04 Å². The lowest BCUT2D eigenvalue weighted by atomic mass is 10.0. The van der Waals surface area contributed by atoms with Gasteiger partial charge in [-0.25, -0.2) is 0 Å². The van der Waals surface area contributed by atoms with Crippen LogP contribution in [0.1, 0.15) is 43.0 Å². The molecule has 0 spiro atoms. The van der Waals surface area contributed by atoms with Crippen molar-refractivity contribution in [2.45, 2.75) is 39.2 Å². The van der Waals surface area contributed by atoms with Crippen molar-refractivity contribution in [2.75, 3.05) is 0 Å². The number of hydrogen-bond acceptors (Lipinski definition) is 1. The molecule has 1 atom stereocenters. The van der Waals surface area contributed by atoms with Gasteiger partial charge in [-0.15, -0.1) is 0 Å². The zero-order valence-corrected chi connectivity index (χ0v) is 13.9. The molecule has 2 aromatic rings. The van der Waals surface area contributed by atoms with E-state index >= 15 is 0 Å². The minimum absolute atomic E-state index is 0.0182. The van der Waals surface area contributed by atoms with Crippen molar-refractivity contribution in [3.8, 4) is 0 Å². The molecule has 0 saturated carbocycles. The summed E-state index contributed by atoms with van der Waals surface area (Å²) < 4.78 is 0. The molecule has 1 amide bonds. The lowest BCUT2D eigenvalue weighted by molar-refractivity contribution is -0.121. The molecule has 0 aromatic heterocycles. The summed E-state index contributed by atoms with van der Waals surface area (Å²) in [4.78, 5) is 12.1. The van der Waals surface area contributed by atoms with E-state index in [2.05, 4.69) is 36.5 Å². The molecule has 0 radical (unpaired) electrons. The van der Waals surface area contributed by atoms with Gasteiger partial charge in [-0.3, -0.25) is 4.79 Å². The van der Waals surface area contributed by atoms with Crippen LogP contribution in [-0.4, -0.2) is 5.91 Å². The molecule has 0 fully saturated rings. The molecule has 3 heteroatoms. The summed E-state index contributed by atoms with van der Waals surface area (Å²) in [5.74, 6) is 0.0481. The van der Waals surface area contributed by atoms with Crippen molar-refractivity contribution < 1.29 is 4.79 Å². The van der Waals surface area contributed by atoms with Crippen LogP contribution in [0.3, 0.4) is 0 Å². The van der Waals surface area contributed by atoms with E-state index < -0.39 is 0 Å². The number of benzene rings is 2. The summed E-state index contributed by atoms with van der Waals surface area (Å²) in [6, 6.07) is 16.1. The van der Waals surface area contributed by atoms with Gasteiger partial charge in [-0.2, -0.15) is 0 Å². The van der Waals surface area contributed by atoms with Crippen molar-refractivity contribution in [1.29, 1.82) is 0 Å². The van der Waals surface area contributed by atoms with Gasteiger partial charge >= 0.3 is 0 Å². The second-order valence-electron chi connectivity index (χ2n) is 5.48. The zero-order chi connectivity index (χ0) is 15.9. The summed E-state index contributed by atoms with van der Waals surface area (Å²) in [6.45, 7) is 4.14. The quantitative estimate of drug-likeness (QED) is 0.821. The second-order valence-corrected chi connectivity index (χ2v) is 5.88. The maximum Gasteiger partial charge on any atom is 0.220 e. The molecular formula is C19H22ClNO. The molecule has 0 aliphatic rings. The normalized spacial score (nSPS) is 12.0. The van der Waals surface area contributed by atoms with Crippen LogP contribution in [0.25, 0.3) is 0 Å². The number of rotatable bonds is 6. The predicted molar refractivity (Wildman–Crippen MR) is 92.2 cm³/mol. The standard InChI is InChI=1S/C19H22ClNO/c1-3-15-8-10-16(11-9-15)14(2)21-19(22)13-12-17-6-4-5-7-18(17)20/h4-11,14H,3,12-13H2,1-2H3,(H,21,22)/t14-/m0/s1. The molecule has 2 aromatic carbocycles. The van der Waals surface area contributed by atoms with Gasteiger partial charge in [0.2, 0.25) is 5.91 Å². The zero-order valence-electron chi connectivity index (χ0n) is 13.1. The Morgan fingerprint density at radius 2 is 1.82 bits per heavy atom. The van der Waals surface area contributed by atoms with E-state index in [4.69, 9.17) is 11.6 Å². The smallest absolute Gasteiger partial charge is 0.220 e. The summed E-state index contributed by atoms with van der Waals surface area (Å²) >= 11 is 6.11. The molecule has 0 bridgehead atoms. The number of nitrogens with one attached hydrogen (secondary N) is 1. The molecular weight excluding hydrogens is 294 g/mol. The van der Waals surface area contributed by atoms with E-state index in [9.17, 15) is 4.79 Å².